The van der Waals surface area contributed by atoms with Gasteiger partial charge in [0.2, 0.25) is 4.80 Å². The van der Waals surface area contributed by atoms with E-state index in [0.29, 0.717) is 21.4 Å². The molecule has 0 bridgehead atoms. The number of sulfonamides is 1. The van der Waals surface area contributed by atoms with E-state index in [1.54, 1.807) is 13.2 Å². The summed E-state index contributed by atoms with van der Waals surface area (Å²) < 4.78 is 37.6. The molecular formula is C14H13ClN2O3S3. The zero-order chi connectivity index (χ0) is 16.6. The predicted octanol–water partition coefficient (Wildman–Crippen LogP) is 3.74. The highest BCUT2D eigenvalue weighted by atomic mass is 35.5. The van der Waals surface area contributed by atoms with Crippen LogP contribution in [0.5, 0.6) is 5.75 Å². The molecule has 1 aromatic carbocycles. The number of para-hydroxylation sites is 1. The molecule has 3 rings (SSSR count). The van der Waals surface area contributed by atoms with Crippen molar-refractivity contribution < 1.29 is 13.2 Å². The van der Waals surface area contributed by atoms with E-state index in [0.717, 1.165) is 21.6 Å². The van der Waals surface area contributed by atoms with Gasteiger partial charge in [-0.15, -0.1) is 15.7 Å². The summed E-state index contributed by atoms with van der Waals surface area (Å²) in [5, 5.41) is 0. The number of ether oxygens (including phenoxy) is 1. The maximum atomic E-state index is 12.5. The van der Waals surface area contributed by atoms with Gasteiger partial charge in [-0.1, -0.05) is 29.0 Å². The van der Waals surface area contributed by atoms with Crippen LogP contribution in [0.25, 0.3) is 10.2 Å². The van der Waals surface area contributed by atoms with Crippen LogP contribution in [0.4, 0.5) is 0 Å². The minimum Gasteiger partial charge on any atom is -0.495 e. The number of rotatable bonds is 4. The van der Waals surface area contributed by atoms with Crippen molar-refractivity contribution in [2.24, 2.45) is 4.40 Å². The molecule has 3 aromatic rings. The summed E-state index contributed by atoms with van der Waals surface area (Å²) in [6, 6.07) is 8.66. The van der Waals surface area contributed by atoms with Gasteiger partial charge in [-0.3, -0.25) is 0 Å². The Kier molecular flexibility index (Phi) is 4.50. The van der Waals surface area contributed by atoms with Gasteiger partial charge in [0.25, 0.3) is 10.0 Å². The molecule has 0 aliphatic rings. The first-order chi connectivity index (χ1) is 11.0. The van der Waals surface area contributed by atoms with Gasteiger partial charge in [-0.2, -0.15) is 8.42 Å². The Balaban J connectivity index is 2.28. The summed E-state index contributed by atoms with van der Waals surface area (Å²) in [4.78, 5) is 0.413. The van der Waals surface area contributed by atoms with Gasteiger partial charge in [0.1, 0.15) is 15.5 Å². The second-order valence-corrected chi connectivity index (χ2v) is 9.12. The summed E-state index contributed by atoms with van der Waals surface area (Å²) in [6.07, 6.45) is 0. The first-order valence-corrected chi connectivity index (χ1v) is 10.1. The van der Waals surface area contributed by atoms with Crippen molar-refractivity contribution in [2.45, 2.75) is 17.7 Å². The van der Waals surface area contributed by atoms with Crippen LogP contribution in [0, 0.1) is 0 Å². The van der Waals surface area contributed by atoms with Crippen molar-refractivity contribution in [3.8, 4) is 5.75 Å². The summed E-state index contributed by atoms with van der Waals surface area (Å²) in [5.74, 6) is 0.693. The minimum atomic E-state index is -3.78. The SMILES string of the molecule is CCn1c(=NS(=O)(=O)c2ccc(Cl)s2)sc2cccc(OC)c21. The van der Waals surface area contributed by atoms with Crippen LogP contribution in [0.3, 0.4) is 0 Å². The van der Waals surface area contributed by atoms with Gasteiger partial charge in [-0.05, 0) is 31.2 Å². The molecule has 0 radical (unpaired) electrons. The third kappa shape index (κ3) is 3.03. The zero-order valence-electron chi connectivity index (χ0n) is 12.3. The smallest absolute Gasteiger partial charge is 0.294 e. The van der Waals surface area contributed by atoms with Gasteiger partial charge in [-0.25, -0.2) is 0 Å². The Morgan fingerprint density at radius 2 is 2.04 bits per heavy atom. The Bertz CT molecular complexity index is 1030. The van der Waals surface area contributed by atoms with Crippen LogP contribution in [0.15, 0.2) is 38.9 Å². The molecule has 5 nitrogen and oxygen atoms in total. The highest BCUT2D eigenvalue weighted by Crippen LogP contribution is 2.29. The van der Waals surface area contributed by atoms with Crippen molar-refractivity contribution in [3.63, 3.8) is 0 Å². The number of hydrogen-bond acceptors (Lipinski definition) is 5. The molecule has 0 spiro atoms. The molecule has 0 aliphatic heterocycles. The standard InChI is InChI=1S/C14H13ClN2O3S3/c1-3-17-13-9(20-2)5-4-6-10(13)21-14(17)16-23(18,19)12-8-7-11(15)22-12/h4-8H,3H2,1-2H3. The minimum absolute atomic E-state index is 0.134. The van der Waals surface area contributed by atoms with E-state index in [-0.39, 0.29) is 4.21 Å². The van der Waals surface area contributed by atoms with Gasteiger partial charge in [0.05, 0.1) is 16.1 Å². The number of aryl methyl sites for hydroxylation is 1. The zero-order valence-corrected chi connectivity index (χ0v) is 15.5. The highest BCUT2D eigenvalue weighted by molar-refractivity contribution is 7.92. The lowest BCUT2D eigenvalue weighted by Gasteiger charge is -2.05. The summed E-state index contributed by atoms with van der Waals surface area (Å²) in [7, 11) is -2.19. The van der Waals surface area contributed by atoms with Gasteiger partial charge >= 0.3 is 0 Å². The van der Waals surface area contributed by atoms with Gasteiger partial charge < -0.3 is 9.30 Å². The maximum Gasteiger partial charge on any atom is 0.294 e. The number of thiazole rings is 1. The molecule has 0 amide bonds. The van der Waals surface area contributed by atoms with Crippen LogP contribution >= 0.6 is 34.3 Å². The van der Waals surface area contributed by atoms with Crippen LogP contribution < -0.4 is 9.54 Å². The third-order valence-electron chi connectivity index (χ3n) is 3.20. The molecule has 23 heavy (non-hydrogen) atoms. The Morgan fingerprint density at radius 3 is 2.65 bits per heavy atom. The van der Waals surface area contributed by atoms with Crippen molar-refractivity contribution >= 4 is 54.5 Å². The average molecular weight is 389 g/mol. The fourth-order valence-corrected chi connectivity index (χ4v) is 5.99. The fraction of sp³-hybridized carbons (Fsp3) is 0.214. The summed E-state index contributed by atoms with van der Waals surface area (Å²) in [6.45, 7) is 2.52. The molecule has 0 fully saturated rings. The number of halogens is 1. The largest absolute Gasteiger partial charge is 0.495 e. The van der Waals surface area contributed by atoms with E-state index in [1.807, 2.05) is 29.7 Å². The van der Waals surface area contributed by atoms with Gasteiger partial charge in [0, 0.05) is 6.54 Å². The van der Waals surface area contributed by atoms with Crippen molar-refractivity contribution in [3.05, 3.63) is 39.5 Å². The monoisotopic (exact) mass is 388 g/mol. The van der Waals surface area contributed by atoms with Crippen molar-refractivity contribution in [2.75, 3.05) is 7.11 Å². The molecule has 0 saturated carbocycles. The van der Waals surface area contributed by atoms with E-state index in [1.165, 1.54) is 17.4 Å². The van der Waals surface area contributed by atoms with Crippen LogP contribution in [0.1, 0.15) is 6.92 Å². The molecule has 122 valence electrons. The molecule has 2 heterocycles. The van der Waals surface area contributed by atoms with E-state index < -0.39 is 10.0 Å². The number of nitrogens with zero attached hydrogens (tertiary/aromatic N) is 2. The van der Waals surface area contributed by atoms with Crippen LogP contribution in [-0.4, -0.2) is 20.1 Å². The molecule has 0 atom stereocenters. The van der Waals surface area contributed by atoms with Gasteiger partial charge in [0.15, 0.2) is 0 Å². The quantitative estimate of drug-likeness (QED) is 0.684. The number of aromatic nitrogens is 1. The molecular weight excluding hydrogens is 376 g/mol. The van der Waals surface area contributed by atoms with Crippen molar-refractivity contribution in [1.29, 1.82) is 0 Å². The first-order valence-electron chi connectivity index (χ1n) is 6.69. The molecule has 0 aliphatic carbocycles. The second kappa shape index (κ2) is 6.27. The topological polar surface area (TPSA) is 60.7 Å². The number of methoxy groups -OCH3 is 1. The Morgan fingerprint density at radius 1 is 1.26 bits per heavy atom. The maximum absolute atomic E-state index is 12.5. The highest BCUT2D eigenvalue weighted by Gasteiger charge is 2.17. The van der Waals surface area contributed by atoms with E-state index in [2.05, 4.69) is 4.40 Å². The van der Waals surface area contributed by atoms with E-state index >= 15 is 0 Å². The lowest BCUT2D eigenvalue weighted by molar-refractivity contribution is 0.417. The predicted molar refractivity (Wildman–Crippen MR) is 94.1 cm³/mol. The third-order valence-corrected chi connectivity index (χ3v) is 7.33. The second-order valence-electron chi connectivity index (χ2n) is 4.56. The summed E-state index contributed by atoms with van der Waals surface area (Å²) >= 11 is 8.14. The Hall–Kier alpha value is -1.35. The van der Waals surface area contributed by atoms with Crippen molar-refractivity contribution in [1.82, 2.24) is 4.57 Å². The molecule has 0 saturated heterocycles. The van der Waals surface area contributed by atoms with E-state index in [9.17, 15) is 8.42 Å². The molecule has 0 unspecified atom stereocenters. The number of thiophene rings is 1. The Labute approximate surface area is 146 Å². The molecule has 2 aromatic heterocycles. The first kappa shape index (κ1) is 16.5. The fourth-order valence-electron chi connectivity index (χ4n) is 2.21. The van der Waals surface area contributed by atoms with E-state index in [4.69, 9.17) is 16.3 Å². The molecule has 0 N–H and O–H groups in total. The molecule has 9 heteroatoms. The van der Waals surface area contributed by atoms with Crippen LogP contribution in [-0.2, 0) is 16.6 Å². The lowest BCUT2D eigenvalue weighted by atomic mass is 10.3. The van der Waals surface area contributed by atoms with Crippen LogP contribution in [0.2, 0.25) is 4.34 Å². The number of fused-ring (bicyclic) bond motifs is 1. The summed E-state index contributed by atoms with van der Waals surface area (Å²) in [5.41, 5.74) is 0.848. The normalized spacial score (nSPS) is 12.9. The lowest BCUT2D eigenvalue weighted by Crippen LogP contribution is -2.16. The average Bonchev–Trinajstić information content (AvgIpc) is 3.09. The number of hydrogen-bond donors (Lipinski definition) is 0. The number of benzene rings is 1.